The van der Waals surface area contributed by atoms with E-state index >= 15 is 0 Å². The van der Waals surface area contributed by atoms with Crippen LogP contribution in [0.25, 0.3) is 0 Å². The van der Waals surface area contributed by atoms with Crippen molar-refractivity contribution >= 4 is 0 Å². The molecule has 144 valence electrons. The van der Waals surface area contributed by atoms with E-state index in [2.05, 4.69) is 53.0 Å². The average Bonchev–Trinajstić information content (AvgIpc) is 2.90. The molecule has 1 fully saturated rings. The summed E-state index contributed by atoms with van der Waals surface area (Å²) >= 11 is 0. The van der Waals surface area contributed by atoms with Crippen molar-refractivity contribution in [3.8, 4) is 5.75 Å². The Morgan fingerprint density at radius 3 is 2.59 bits per heavy atom. The Morgan fingerprint density at radius 1 is 1.19 bits per heavy atom. The Kier molecular flexibility index (Phi) is 5.04. The number of fused-ring (bicyclic) bond motifs is 3. The first kappa shape index (κ1) is 18.2. The van der Waals surface area contributed by atoms with Gasteiger partial charge in [-0.2, -0.15) is 0 Å². The molecule has 0 radical (unpaired) electrons. The Morgan fingerprint density at radius 2 is 1.89 bits per heavy atom. The monoisotopic (exact) mass is 367 g/mol. The number of nitrogens with one attached hydrogen (secondary N) is 1. The smallest absolute Gasteiger partial charge is 0.254 e. The van der Waals surface area contributed by atoms with Crippen molar-refractivity contribution in [2.45, 2.75) is 65.1 Å². The molecule has 1 N–H and O–H groups in total. The first-order chi connectivity index (χ1) is 13.0. The zero-order chi connectivity index (χ0) is 19.0. The van der Waals surface area contributed by atoms with Crippen LogP contribution >= 0.6 is 0 Å². The molecule has 0 unspecified atom stereocenters. The SMILES string of the molecule is Cc1nc2c(c(=O)[nH]1)C[C@@H]1CC[C@H](C2)N1Cc1ccc(OCC(C)C)cc1. The third kappa shape index (κ3) is 3.93. The van der Waals surface area contributed by atoms with Gasteiger partial charge in [0, 0.05) is 30.6 Å². The molecule has 1 aromatic carbocycles. The van der Waals surface area contributed by atoms with Crippen LogP contribution in [0, 0.1) is 12.8 Å². The van der Waals surface area contributed by atoms with Crippen LogP contribution in [0.3, 0.4) is 0 Å². The Bertz CT molecular complexity index is 857. The van der Waals surface area contributed by atoms with Gasteiger partial charge in [-0.05, 0) is 49.8 Å². The van der Waals surface area contributed by atoms with Crippen LogP contribution < -0.4 is 10.3 Å². The molecular weight excluding hydrogens is 338 g/mol. The van der Waals surface area contributed by atoms with Crippen LogP contribution in [0.2, 0.25) is 0 Å². The van der Waals surface area contributed by atoms with Crippen LogP contribution in [-0.4, -0.2) is 33.6 Å². The Balaban J connectivity index is 1.49. The lowest BCUT2D eigenvalue weighted by Gasteiger charge is -2.28. The highest BCUT2D eigenvalue weighted by atomic mass is 16.5. The van der Waals surface area contributed by atoms with Gasteiger partial charge in [0.05, 0.1) is 12.3 Å². The molecule has 1 aromatic heterocycles. The van der Waals surface area contributed by atoms with Gasteiger partial charge in [-0.25, -0.2) is 4.98 Å². The number of hydrogen-bond acceptors (Lipinski definition) is 4. The number of H-pyrrole nitrogens is 1. The van der Waals surface area contributed by atoms with E-state index in [1.54, 1.807) is 0 Å². The lowest BCUT2D eigenvalue weighted by molar-refractivity contribution is 0.187. The van der Waals surface area contributed by atoms with E-state index in [1.165, 1.54) is 12.0 Å². The standard InChI is InChI=1S/C22H29N3O2/c1-14(2)13-27-19-8-4-16(5-9-19)12-25-17-6-7-18(25)11-21-20(10-17)22(26)24-15(3)23-21/h4-5,8-9,14,17-18H,6-7,10-13H2,1-3H3,(H,23,24,26)/t17-,18+/m0/s1. The number of rotatable bonds is 5. The molecule has 2 aliphatic heterocycles. The number of aromatic nitrogens is 2. The fraction of sp³-hybridized carbons (Fsp3) is 0.545. The summed E-state index contributed by atoms with van der Waals surface area (Å²) in [5, 5.41) is 0. The summed E-state index contributed by atoms with van der Waals surface area (Å²) in [6.07, 6.45) is 4.04. The quantitative estimate of drug-likeness (QED) is 0.881. The minimum Gasteiger partial charge on any atom is -0.493 e. The highest BCUT2D eigenvalue weighted by Gasteiger charge is 2.38. The molecule has 2 bridgehead atoms. The second-order valence-corrected chi connectivity index (χ2v) is 8.39. The zero-order valence-electron chi connectivity index (χ0n) is 16.5. The van der Waals surface area contributed by atoms with Crippen LogP contribution in [0.15, 0.2) is 29.1 Å². The van der Waals surface area contributed by atoms with Crippen LogP contribution in [-0.2, 0) is 19.4 Å². The number of ether oxygens (including phenoxy) is 1. The lowest BCUT2D eigenvalue weighted by Crippen LogP contribution is -2.36. The molecule has 1 saturated heterocycles. The molecule has 0 amide bonds. The summed E-state index contributed by atoms with van der Waals surface area (Å²) in [6.45, 7) is 7.84. The number of aromatic amines is 1. The molecule has 2 aliphatic rings. The van der Waals surface area contributed by atoms with E-state index in [1.807, 2.05) is 6.92 Å². The maximum atomic E-state index is 12.4. The average molecular weight is 367 g/mol. The van der Waals surface area contributed by atoms with Crippen LogP contribution in [0.1, 0.15) is 49.3 Å². The highest BCUT2D eigenvalue weighted by molar-refractivity contribution is 5.28. The lowest BCUT2D eigenvalue weighted by atomic mass is 9.98. The normalized spacial score (nSPS) is 21.9. The van der Waals surface area contributed by atoms with Crippen molar-refractivity contribution < 1.29 is 4.74 Å². The minimum atomic E-state index is 0.0525. The third-order valence-electron chi connectivity index (χ3n) is 5.73. The number of hydrogen-bond donors (Lipinski definition) is 1. The Hall–Kier alpha value is -2.14. The van der Waals surface area contributed by atoms with Gasteiger partial charge < -0.3 is 9.72 Å². The predicted octanol–water partition coefficient (Wildman–Crippen LogP) is 3.24. The molecule has 0 aliphatic carbocycles. The van der Waals surface area contributed by atoms with E-state index in [-0.39, 0.29) is 5.56 Å². The minimum absolute atomic E-state index is 0.0525. The van der Waals surface area contributed by atoms with Crippen molar-refractivity contribution in [2.75, 3.05) is 6.61 Å². The predicted molar refractivity (Wildman–Crippen MR) is 106 cm³/mol. The van der Waals surface area contributed by atoms with Gasteiger partial charge in [0.2, 0.25) is 0 Å². The van der Waals surface area contributed by atoms with Gasteiger partial charge in [-0.3, -0.25) is 9.69 Å². The summed E-state index contributed by atoms with van der Waals surface area (Å²) in [6, 6.07) is 9.38. The first-order valence-corrected chi connectivity index (χ1v) is 10.1. The van der Waals surface area contributed by atoms with Crippen molar-refractivity contribution in [3.63, 3.8) is 0 Å². The Labute approximate surface area is 160 Å². The van der Waals surface area contributed by atoms with E-state index in [4.69, 9.17) is 4.74 Å². The van der Waals surface area contributed by atoms with Crippen molar-refractivity contribution in [3.05, 3.63) is 57.3 Å². The summed E-state index contributed by atoms with van der Waals surface area (Å²) in [7, 11) is 0. The van der Waals surface area contributed by atoms with Gasteiger partial charge in [0.1, 0.15) is 11.6 Å². The second kappa shape index (κ2) is 7.47. The van der Waals surface area contributed by atoms with Crippen molar-refractivity contribution in [1.29, 1.82) is 0 Å². The number of nitrogens with zero attached hydrogens (tertiary/aromatic N) is 2. The summed E-state index contributed by atoms with van der Waals surface area (Å²) in [5.74, 6) is 2.18. The largest absolute Gasteiger partial charge is 0.493 e. The molecular formula is C22H29N3O2. The third-order valence-corrected chi connectivity index (χ3v) is 5.73. The number of aryl methyl sites for hydroxylation is 1. The second-order valence-electron chi connectivity index (χ2n) is 8.39. The van der Waals surface area contributed by atoms with Crippen molar-refractivity contribution in [1.82, 2.24) is 14.9 Å². The zero-order valence-corrected chi connectivity index (χ0v) is 16.5. The molecule has 3 heterocycles. The summed E-state index contributed by atoms with van der Waals surface area (Å²) in [4.78, 5) is 22.5. The maximum Gasteiger partial charge on any atom is 0.254 e. The molecule has 27 heavy (non-hydrogen) atoms. The molecule has 5 nitrogen and oxygen atoms in total. The molecule has 0 spiro atoms. The molecule has 2 aromatic rings. The van der Waals surface area contributed by atoms with E-state index in [0.717, 1.165) is 55.2 Å². The van der Waals surface area contributed by atoms with Gasteiger partial charge >= 0.3 is 0 Å². The van der Waals surface area contributed by atoms with Crippen molar-refractivity contribution in [2.24, 2.45) is 5.92 Å². The molecule has 4 rings (SSSR count). The van der Waals surface area contributed by atoms with Gasteiger partial charge in [-0.15, -0.1) is 0 Å². The van der Waals surface area contributed by atoms with Crippen LogP contribution in [0.5, 0.6) is 5.75 Å². The highest BCUT2D eigenvalue weighted by Crippen LogP contribution is 2.34. The van der Waals surface area contributed by atoms with E-state index in [0.29, 0.717) is 18.0 Å². The summed E-state index contributed by atoms with van der Waals surface area (Å²) < 4.78 is 5.79. The van der Waals surface area contributed by atoms with Gasteiger partial charge in [0.15, 0.2) is 0 Å². The van der Waals surface area contributed by atoms with E-state index < -0.39 is 0 Å². The molecule has 5 heteroatoms. The fourth-order valence-electron chi connectivity index (χ4n) is 4.38. The van der Waals surface area contributed by atoms with Crippen LogP contribution in [0.4, 0.5) is 0 Å². The van der Waals surface area contributed by atoms with Gasteiger partial charge in [0.25, 0.3) is 5.56 Å². The number of benzene rings is 1. The maximum absolute atomic E-state index is 12.4. The van der Waals surface area contributed by atoms with Gasteiger partial charge in [-0.1, -0.05) is 26.0 Å². The first-order valence-electron chi connectivity index (χ1n) is 10.1. The summed E-state index contributed by atoms with van der Waals surface area (Å²) in [5.41, 5.74) is 3.26. The molecule has 0 saturated carbocycles. The fourth-order valence-corrected chi connectivity index (χ4v) is 4.38. The van der Waals surface area contributed by atoms with E-state index in [9.17, 15) is 4.79 Å². The molecule has 2 atom stereocenters. The topological polar surface area (TPSA) is 58.2 Å².